The molecule has 0 saturated heterocycles. The number of hydrogen-bond acceptors (Lipinski definition) is 1. The molecule has 0 amide bonds. The Morgan fingerprint density at radius 2 is 2.12 bits per heavy atom. The minimum atomic E-state index is 0.0623. The van der Waals surface area contributed by atoms with E-state index in [0.717, 1.165) is 12.3 Å². The number of hydrogen-bond donors (Lipinski definition) is 1. The van der Waals surface area contributed by atoms with Gasteiger partial charge in [-0.15, -0.1) is 0 Å². The second-order valence-corrected chi connectivity index (χ2v) is 5.48. The van der Waals surface area contributed by atoms with Crippen molar-refractivity contribution < 1.29 is 0 Å². The molecule has 1 nitrogen and oxygen atoms in total. The van der Waals surface area contributed by atoms with E-state index in [9.17, 15) is 0 Å². The van der Waals surface area contributed by atoms with Crippen LogP contribution in [0.15, 0.2) is 24.3 Å². The van der Waals surface area contributed by atoms with E-state index in [0.29, 0.717) is 0 Å². The SMILES string of the molecule is CCC1CCC(N)(Cc2ccccc2C)C1. The molecule has 2 atom stereocenters. The molecule has 1 saturated carbocycles. The summed E-state index contributed by atoms with van der Waals surface area (Å²) < 4.78 is 0. The topological polar surface area (TPSA) is 26.0 Å². The van der Waals surface area contributed by atoms with Crippen LogP contribution in [-0.2, 0) is 6.42 Å². The van der Waals surface area contributed by atoms with Gasteiger partial charge in [0.15, 0.2) is 0 Å². The Labute approximate surface area is 99.0 Å². The molecule has 0 aliphatic heterocycles. The predicted molar refractivity (Wildman–Crippen MR) is 69.4 cm³/mol. The van der Waals surface area contributed by atoms with Gasteiger partial charge in [0.2, 0.25) is 0 Å². The van der Waals surface area contributed by atoms with E-state index in [2.05, 4.69) is 38.1 Å². The lowest BCUT2D eigenvalue weighted by Gasteiger charge is -2.25. The summed E-state index contributed by atoms with van der Waals surface area (Å²) in [5, 5.41) is 0. The van der Waals surface area contributed by atoms with Gasteiger partial charge < -0.3 is 5.73 Å². The zero-order valence-electron chi connectivity index (χ0n) is 10.5. The van der Waals surface area contributed by atoms with Crippen molar-refractivity contribution in [1.82, 2.24) is 0 Å². The lowest BCUT2D eigenvalue weighted by Crippen LogP contribution is -2.39. The van der Waals surface area contributed by atoms with Crippen LogP contribution in [0.2, 0.25) is 0 Å². The first-order valence-corrected chi connectivity index (χ1v) is 6.46. The molecule has 0 bridgehead atoms. The van der Waals surface area contributed by atoms with E-state index in [4.69, 9.17) is 5.73 Å². The summed E-state index contributed by atoms with van der Waals surface area (Å²) in [4.78, 5) is 0. The first kappa shape index (κ1) is 11.7. The zero-order valence-corrected chi connectivity index (χ0v) is 10.5. The standard InChI is InChI=1S/C15H23N/c1-3-13-8-9-15(16,10-13)11-14-7-5-4-6-12(14)2/h4-7,13H,3,8-11,16H2,1-2H3. The van der Waals surface area contributed by atoms with Crippen LogP contribution in [0.1, 0.15) is 43.7 Å². The second-order valence-electron chi connectivity index (χ2n) is 5.48. The van der Waals surface area contributed by atoms with Gasteiger partial charge in [-0.2, -0.15) is 0 Å². The average molecular weight is 217 g/mol. The Balaban J connectivity index is 2.08. The number of nitrogens with two attached hydrogens (primary N) is 1. The fraction of sp³-hybridized carbons (Fsp3) is 0.600. The Hall–Kier alpha value is -0.820. The van der Waals surface area contributed by atoms with Crippen molar-refractivity contribution in [3.63, 3.8) is 0 Å². The van der Waals surface area contributed by atoms with Crippen molar-refractivity contribution in [2.45, 2.75) is 51.5 Å². The third-order valence-electron chi connectivity index (χ3n) is 4.13. The Bertz CT molecular complexity index is 358. The molecule has 1 aliphatic rings. The maximum atomic E-state index is 6.53. The highest BCUT2D eigenvalue weighted by Gasteiger charge is 2.34. The number of benzene rings is 1. The van der Waals surface area contributed by atoms with Gasteiger partial charge in [-0.1, -0.05) is 37.6 Å². The molecule has 88 valence electrons. The van der Waals surface area contributed by atoms with Crippen molar-refractivity contribution in [2.24, 2.45) is 11.7 Å². The molecule has 2 rings (SSSR count). The van der Waals surface area contributed by atoms with Crippen LogP contribution in [0.4, 0.5) is 0 Å². The molecule has 0 heterocycles. The van der Waals surface area contributed by atoms with Crippen LogP contribution >= 0.6 is 0 Å². The molecule has 1 aliphatic carbocycles. The quantitative estimate of drug-likeness (QED) is 0.824. The fourth-order valence-corrected chi connectivity index (χ4v) is 2.97. The summed E-state index contributed by atoms with van der Waals surface area (Å²) in [6.45, 7) is 4.47. The van der Waals surface area contributed by atoms with Crippen molar-refractivity contribution in [3.05, 3.63) is 35.4 Å². The largest absolute Gasteiger partial charge is 0.325 e. The lowest BCUT2D eigenvalue weighted by molar-refractivity contribution is 0.406. The van der Waals surface area contributed by atoms with Gasteiger partial charge >= 0.3 is 0 Å². The Morgan fingerprint density at radius 1 is 1.38 bits per heavy atom. The van der Waals surface area contributed by atoms with E-state index in [1.165, 1.54) is 36.8 Å². The first-order chi connectivity index (χ1) is 7.63. The van der Waals surface area contributed by atoms with Crippen molar-refractivity contribution >= 4 is 0 Å². The molecule has 0 radical (unpaired) electrons. The van der Waals surface area contributed by atoms with Gasteiger partial charge in [-0.3, -0.25) is 0 Å². The number of rotatable bonds is 3. The molecule has 1 aromatic rings. The predicted octanol–water partition coefficient (Wildman–Crippen LogP) is 3.45. The van der Waals surface area contributed by atoms with Crippen molar-refractivity contribution in [3.8, 4) is 0 Å². The van der Waals surface area contributed by atoms with Gasteiger partial charge in [0.25, 0.3) is 0 Å². The summed E-state index contributed by atoms with van der Waals surface area (Å²) in [5.74, 6) is 0.856. The van der Waals surface area contributed by atoms with Crippen LogP contribution < -0.4 is 5.73 Å². The molecule has 1 heteroatoms. The normalized spacial score (nSPS) is 29.6. The van der Waals surface area contributed by atoms with Crippen molar-refractivity contribution in [2.75, 3.05) is 0 Å². The van der Waals surface area contributed by atoms with E-state index >= 15 is 0 Å². The maximum Gasteiger partial charge on any atom is 0.0197 e. The van der Waals surface area contributed by atoms with E-state index < -0.39 is 0 Å². The van der Waals surface area contributed by atoms with Crippen LogP contribution in [0.5, 0.6) is 0 Å². The van der Waals surface area contributed by atoms with Crippen LogP contribution in [0.25, 0.3) is 0 Å². The highest BCUT2D eigenvalue weighted by molar-refractivity contribution is 5.27. The van der Waals surface area contributed by atoms with E-state index in [1.54, 1.807) is 0 Å². The van der Waals surface area contributed by atoms with Gasteiger partial charge in [-0.05, 0) is 49.7 Å². The molecule has 1 aromatic carbocycles. The minimum absolute atomic E-state index is 0.0623. The van der Waals surface area contributed by atoms with Gasteiger partial charge in [-0.25, -0.2) is 0 Å². The molecule has 2 unspecified atom stereocenters. The highest BCUT2D eigenvalue weighted by atomic mass is 14.8. The van der Waals surface area contributed by atoms with Crippen LogP contribution in [0, 0.1) is 12.8 Å². The lowest BCUT2D eigenvalue weighted by atomic mass is 9.87. The zero-order chi connectivity index (χ0) is 11.6. The summed E-state index contributed by atoms with van der Waals surface area (Å²) in [7, 11) is 0. The van der Waals surface area contributed by atoms with Crippen LogP contribution in [0.3, 0.4) is 0 Å². The Kier molecular flexibility index (Phi) is 3.34. The molecular formula is C15H23N. The number of aryl methyl sites for hydroxylation is 1. The average Bonchev–Trinajstić information content (AvgIpc) is 2.64. The molecular weight excluding hydrogens is 194 g/mol. The Morgan fingerprint density at radius 3 is 2.75 bits per heavy atom. The molecule has 2 N–H and O–H groups in total. The second kappa shape index (κ2) is 4.58. The summed E-state index contributed by atoms with van der Waals surface area (Å²) in [6, 6.07) is 8.64. The molecule has 0 spiro atoms. The summed E-state index contributed by atoms with van der Waals surface area (Å²) >= 11 is 0. The van der Waals surface area contributed by atoms with Gasteiger partial charge in [0.05, 0.1) is 0 Å². The minimum Gasteiger partial charge on any atom is -0.325 e. The maximum absolute atomic E-state index is 6.53. The van der Waals surface area contributed by atoms with E-state index in [-0.39, 0.29) is 5.54 Å². The van der Waals surface area contributed by atoms with Crippen LogP contribution in [-0.4, -0.2) is 5.54 Å². The summed E-state index contributed by atoms with van der Waals surface area (Å²) in [6.07, 6.45) is 6.06. The van der Waals surface area contributed by atoms with Crippen molar-refractivity contribution in [1.29, 1.82) is 0 Å². The molecule has 0 aromatic heterocycles. The monoisotopic (exact) mass is 217 g/mol. The third kappa shape index (κ3) is 2.46. The van der Waals surface area contributed by atoms with Gasteiger partial charge in [0.1, 0.15) is 0 Å². The van der Waals surface area contributed by atoms with E-state index in [1.807, 2.05) is 0 Å². The first-order valence-electron chi connectivity index (χ1n) is 6.46. The van der Waals surface area contributed by atoms with Gasteiger partial charge in [0, 0.05) is 5.54 Å². The summed E-state index contributed by atoms with van der Waals surface area (Å²) in [5.41, 5.74) is 9.40. The fourth-order valence-electron chi connectivity index (χ4n) is 2.97. The highest BCUT2D eigenvalue weighted by Crippen LogP contribution is 2.37. The smallest absolute Gasteiger partial charge is 0.0197 e. The molecule has 16 heavy (non-hydrogen) atoms. The third-order valence-corrected chi connectivity index (χ3v) is 4.13. The molecule has 1 fully saturated rings.